The molecule has 29 heavy (non-hydrogen) atoms. The molecule has 1 atom stereocenters. The van der Waals surface area contributed by atoms with E-state index in [4.69, 9.17) is 20.0 Å². The Morgan fingerprint density at radius 1 is 1.31 bits per heavy atom. The molecule has 0 fully saturated rings. The Morgan fingerprint density at radius 2 is 2.14 bits per heavy atom. The van der Waals surface area contributed by atoms with Crippen LogP contribution in [0.3, 0.4) is 0 Å². The minimum absolute atomic E-state index is 0.0823. The van der Waals surface area contributed by atoms with Crippen LogP contribution in [0.1, 0.15) is 29.1 Å². The zero-order valence-corrected chi connectivity index (χ0v) is 16.6. The van der Waals surface area contributed by atoms with Gasteiger partial charge in [-0.3, -0.25) is 4.79 Å². The first-order chi connectivity index (χ1) is 14.0. The van der Waals surface area contributed by atoms with Crippen LogP contribution in [0, 0.1) is 0 Å². The highest BCUT2D eigenvalue weighted by molar-refractivity contribution is 7.10. The van der Waals surface area contributed by atoms with Gasteiger partial charge in [-0.05, 0) is 36.8 Å². The van der Waals surface area contributed by atoms with Crippen LogP contribution in [-0.2, 0) is 17.8 Å². The molecule has 0 radical (unpaired) electrons. The first-order valence-electron chi connectivity index (χ1n) is 9.15. The number of furan rings is 1. The van der Waals surface area contributed by atoms with Gasteiger partial charge >= 0.3 is 5.97 Å². The summed E-state index contributed by atoms with van der Waals surface area (Å²) in [6, 6.07) is 12.9. The number of nitrogens with zero attached hydrogens (tertiary/aromatic N) is 1. The lowest BCUT2D eigenvalue weighted by molar-refractivity contribution is -0.136. The van der Waals surface area contributed by atoms with E-state index in [1.165, 1.54) is 11.3 Å². The average Bonchev–Trinajstić information content (AvgIpc) is 3.36. The molecule has 0 amide bonds. The molecular weight excluding hydrogens is 388 g/mol. The number of carboxylic acids is 1. The summed E-state index contributed by atoms with van der Waals surface area (Å²) in [4.78, 5) is 15.7. The van der Waals surface area contributed by atoms with Gasteiger partial charge in [-0.15, -0.1) is 11.3 Å². The first-order valence-corrected chi connectivity index (χ1v) is 10.0. The standard InChI is InChI=1S/C22H20N2O4S/c1-13(23)22-24-18(12-29-22)17-9-14(8-16-6-7-27-21(16)17)11-28-19-5-3-2-4-15(19)10-20(25)26/h2-9,12-13H,10-11,23H2,1H3,(H,25,26). The summed E-state index contributed by atoms with van der Waals surface area (Å²) in [5.41, 5.74) is 10.00. The van der Waals surface area contributed by atoms with Crippen molar-refractivity contribution in [2.24, 2.45) is 5.73 Å². The number of carboxylic acid groups (broad SMARTS) is 1. The Morgan fingerprint density at radius 3 is 2.90 bits per heavy atom. The van der Waals surface area contributed by atoms with E-state index in [0.29, 0.717) is 17.9 Å². The second-order valence-corrected chi connectivity index (χ2v) is 7.70. The van der Waals surface area contributed by atoms with Crippen molar-refractivity contribution in [1.82, 2.24) is 4.98 Å². The van der Waals surface area contributed by atoms with E-state index < -0.39 is 5.97 Å². The molecule has 7 heteroatoms. The van der Waals surface area contributed by atoms with Crippen LogP contribution in [0.25, 0.3) is 22.2 Å². The first kappa shape index (κ1) is 19.2. The van der Waals surface area contributed by atoms with Gasteiger partial charge in [0.15, 0.2) is 0 Å². The number of para-hydroxylation sites is 1. The van der Waals surface area contributed by atoms with Gasteiger partial charge in [0, 0.05) is 21.9 Å². The third-order valence-electron chi connectivity index (χ3n) is 4.51. The maximum absolute atomic E-state index is 11.1. The van der Waals surface area contributed by atoms with E-state index in [1.807, 2.05) is 36.6 Å². The number of aromatic nitrogens is 1. The fourth-order valence-electron chi connectivity index (χ4n) is 3.15. The monoisotopic (exact) mass is 408 g/mol. The van der Waals surface area contributed by atoms with Gasteiger partial charge in [0.2, 0.25) is 0 Å². The lowest BCUT2D eigenvalue weighted by Crippen LogP contribution is -2.04. The van der Waals surface area contributed by atoms with Crippen molar-refractivity contribution in [3.63, 3.8) is 0 Å². The normalized spacial score (nSPS) is 12.2. The maximum Gasteiger partial charge on any atom is 0.307 e. The molecule has 0 bridgehead atoms. The van der Waals surface area contributed by atoms with Crippen molar-refractivity contribution in [2.45, 2.75) is 26.0 Å². The van der Waals surface area contributed by atoms with Crippen molar-refractivity contribution < 1.29 is 19.1 Å². The van der Waals surface area contributed by atoms with Gasteiger partial charge in [0.1, 0.15) is 22.9 Å². The van der Waals surface area contributed by atoms with Gasteiger partial charge < -0.3 is 20.0 Å². The number of rotatable bonds is 7. The number of carbonyl (C=O) groups is 1. The van der Waals surface area contributed by atoms with E-state index in [-0.39, 0.29) is 12.5 Å². The van der Waals surface area contributed by atoms with E-state index >= 15 is 0 Å². The lowest BCUT2D eigenvalue weighted by atomic mass is 10.1. The molecule has 4 rings (SSSR count). The number of aliphatic carboxylic acids is 1. The Balaban J connectivity index is 1.65. The van der Waals surface area contributed by atoms with Gasteiger partial charge in [0.25, 0.3) is 0 Å². The van der Waals surface area contributed by atoms with Crippen LogP contribution < -0.4 is 10.5 Å². The molecule has 148 valence electrons. The molecule has 0 spiro atoms. The Labute approximate surface area is 171 Å². The summed E-state index contributed by atoms with van der Waals surface area (Å²) in [7, 11) is 0. The number of hydrogen-bond acceptors (Lipinski definition) is 6. The fourth-order valence-corrected chi connectivity index (χ4v) is 3.93. The maximum atomic E-state index is 11.1. The smallest absolute Gasteiger partial charge is 0.307 e. The predicted octanol–water partition coefficient (Wildman–Crippen LogP) is 4.78. The zero-order chi connectivity index (χ0) is 20.4. The Hall–Kier alpha value is -3.16. The second kappa shape index (κ2) is 8.06. The highest BCUT2D eigenvalue weighted by Gasteiger charge is 2.15. The summed E-state index contributed by atoms with van der Waals surface area (Å²) in [6.07, 6.45) is 1.57. The molecule has 1 unspecified atom stereocenters. The average molecular weight is 408 g/mol. The summed E-state index contributed by atoms with van der Waals surface area (Å²) < 4.78 is 11.6. The number of hydrogen-bond donors (Lipinski definition) is 2. The summed E-state index contributed by atoms with van der Waals surface area (Å²) >= 11 is 1.52. The van der Waals surface area contributed by atoms with E-state index in [9.17, 15) is 4.79 Å². The molecule has 4 aromatic rings. The molecule has 6 nitrogen and oxygen atoms in total. The third kappa shape index (κ3) is 4.16. The number of benzene rings is 2. The van der Waals surface area contributed by atoms with Crippen molar-refractivity contribution >= 4 is 28.3 Å². The molecular formula is C22H20N2O4S. The fraction of sp³-hybridized carbons (Fsp3) is 0.182. The molecule has 2 aromatic heterocycles. The molecule has 2 heterocycles. The Bertz CT molecular complexity index is 1160. The van der Waals surface area contributed by atoms with Crippen molar-refractivity contribution in [3.05, 3.63) is 70.2 Å². The van der Waals surface area contributed by atoms with Gasteiger partial charge in [-0.2, -0.15) is 0 Å². The van der Waals surface area contributed by atoms with Crippen molar-refractivity contribution in [3.8, 4) is 17.0 Å². The summed E-state index contributed by atoms with van der Waals surface area (Å²) in [5.74, 6) is -0.326. The van der Waals surface area contributed by atoms with Crippen molar-refractivity contribution in [2.75, 3.05) is 0 Å². The number of thiazole rings is 1. The summed E-state index contributed by atoms with van der Waals surface area (Å²) in [6.45, 7) is 2.21. The number of nitrogens with two attached hydrogens (primary N) is 1. The van der Waals surface area contributed by atoms with Crippen LogP contribution in [0.4, 0.5) is 0 Å². The number of fused-ring (bicyclic) bond motifs is 1. The van der Waals surface area contributed by atoms with Gasteiger partial charge in [-0.25, -0.2) is 4.98 Å². The lowest BCUT2D eigenvalue weighted by Gasteiger charge is -2.11. The van der Waals surface area contributed by atoms with Crippen LogP contribution in [0.2, 0.25) is 0 Å². The van der Waals surface area contributed by atoms with Gasteiger partial charge in [0.05, 0.1) is 24.4 Å². The summed E-state index contributed by atoms with van der Waals surface area (Å²) in [5, 5.41) is 12.9. The SMILES string of the molecule is CC(N)c1nc(-c2cc(COc3ccccc3CC(=O)O)cc3ccoc23)cs1. The van der Waals surface area contributed by atoms with Gasteiger partial charge in [-0.1, -0.05) is 18.2 Å². The molecule has 0 saturated carbocycles. The minimum atomic E-state index is -0.892. The molecule has 3 N–H and O–H groups in total. The molecule has 0 aliphatic carbocycles. The second-order valence-electron chi connectivity index (χ2n) is 6.81. The highest BCUT2D eigenvalue weighted by atomic mass is 32.1. The predicted molar refractivity (Wildman–Crippen MR) is 112 cm³/mol. The van der Waals surface area contributed by atoms with Crippen LogP contribution in [-0.4, -0.2) is 16.1 Å². The topological polar surface area (TPSA) is 98.6 Å². The Kier molecular flexibility index (Phi) is 5.33. The quantitative estimate of drug-likeness (QED) is 0.456. The largest absolute Gasteiger partial charge is 0.489 e. The number of ether oxygens (including phenoxy) is 1. The highest BCUT2D eigenvalue weighted by Crippen LogP contribution is 2.33. The molecule has 0 aliphatic rings. The minimum Gasteiger partial charge on any atom is -0.489 e. The van der Waals surface area contributed by atoms with E-state index in [1.54, 1.807) is 24.5 Å². The molecule has 0 aliphatic heterocycles. The van der Waals surface area contributed by atoms with Crippen molar-refractivity contribution in [1.29, 1.82) is 0 Å². The zero-order valence-electron chi connectivity index (χ0n) is 15.8. The van der Waals surface area contributed by atoms with Crippen LogP contribution in [0.5, 0.6) is 5.75 Å². The van der Waals surface area contributed by atoms with E-state index in [2.05, 4.69) is 4.98 Å². The van der Waals surface area contributed by atoms with Crippen LogP contribution >= 0.6 is 11.3 Å². The van der Waals surface area contributed by atoms with Crippen LogP contribution in [0.15, 0.2) is 58.5 Å². The van der Waals surface area contributed by atoms with E-state index in [0.717, 1.165) is 32.8 Å². The third-order valence-corrected chi connectivity index (χ3v) is 5.55. The molecule has 0 saturated heterocycles. The molecule has 2 aromatic carbocycles.